The van der Waals surface area contributed by atoms with Gasteiger partial charge < -0.3 is 15.0 Å². The molecule has 5 nitrogen and oxygen atoms in total. The van der Waals surface area contributed by atoms with E-state index in [9.17, 15) is 9.59 Å². The quantitative estimate of drug-likeness (QED) is 0.627. The molecule has 0 spiro atoms. The van der Waals surface area contributed by atoms with Gasteiger partial charge in [-0.25, -0.2) is 4.79 Å². The van der Waals surface area contributed by atoms with Gasteiger partial charge in [-0.2, -0.15) is 0 Å². The average molecular weight is 305 g/mol. The van der Waals surface area contributed by atoms with Crippen LogP contribution in [0.15, 0.2) is 0 Å². The van der Waals surface area contributed by atoms with E-state index in [2.05, 4.69) is 5.32 Å². The summed E-state index contributed by atoms with van der Waals surface area (Å²) >= 11 is 5.40. The Bertz CT molecular complexity index is 342. The van der Waals surface area contributed by atoms with Crippen LogP contribution < -0.4 is 5.32 Å². The van der Waals surface area contributed by atoms with E-state index in [1.165, 1.54) is 0 Å². The molecule has 0 aromatic carbocycles. The van der Waals surface area contributed by atoms with Crippen LogP contribution in [0.5, 0.6) is 0 Å². The topological polar surface area (TPSA) is 58.6 Å². The van der Waals surface area contributed by atoms with E-state index < -0.39 is 5.60 Å². The van der Waals surface area contributed by atoms with Crippen molar-refractivity contribution in [1.82, 2.24) is 10.2 Å². The van der Waals surface area contributed by atoms with Crippen molar-refractivity contribution < 1.29 is 14.3 Å². The van der Waals surface area contributed by atoms with Crippen molar-refractivity contribution in [3.8, 4) is 0 Å². The SMILES string of the molecule is CC(C)(C)OC(=O)N1CCCC1CCCNC(=O)CCl. The molecular weight excluding hydrogens is 280 g/mol. The summed E-state index contributed by atoms with van der Waals surface area (Å²) in [6, 6.07) is 0.220. The van der Waals surface area contributed by atoms with E-state index in [0.29, 0.717) is 6.54 Å². The average Bonchev–Trinajstić information content (AvgIpc) is 2.80. The number of amides is 2. The van der Waals surface area contributed by atoms with Gasteiger partial charge in [0, 0.05) is 19.1 Å². The molecule has 0 aromatic heterocycles. The fraction of sp³-hybridized carbons (Fsp3) is 0.857. The van der Waals surface area contributed by atoms with Gasteiger partial charge in [-0.3, -0.25) is 4.79 Å². The highest BCUT2D eigenvalue weighted by atomic mass is 35.5. The van der Waals surface area contributed by atoms with Crippen LogP contribution >= 0.6 is 11.6 Å². The highest BCUT2D eigenvalue weighted by Gasteiger charge is 2.31. The highest BCUT2D eigenvalue weighted by Crippen LogP contribution is 2.23. The lowest BCUT2D eigenvalue weighted by Gasteiger charge is -2.28. The molecule has 1 fully saturated rings. The van der Waals surface area contributed by atoms with Crippen molar-refractivity contribution in [3.05, 3.63) is 0 Å². The number of hydrogen-bond acceptors (Lipinski definition) is 3. The van der Waals surface area contributed by atoms with Gasteiger partial charge in [0.15, 0.2) is 0 Å². The molecule has 1 unspecified atom stereocenters. The second kappa shape index (κ2) is 7.72. The van der Waals surface area contributed by atoms with Crippen LogP contribution in [0.4, 0.5) is 4.79 Å². The number of rotatable bonds is 5. The number of carbonyl (C=O) groups excluding carboxylic acids is 2. The molecule has 0 aliphatic carbocycles. The molecule has 2 amide bonds. The van der Waals surface area contributed by atoms with E-state index in [1.807, 2.05) is 25.7 Å². The summed E-state index contributed by atoms with van der Waals surface area (Å²) in [5.74, 6) is -0.157. The molecule has 116 valence electrons. The summed E-state index contributed by atoms with van der Waals surface area (Å²) in [5.41, 5.74) is -0.460. The van der Waals surface area contributed by atoms with Gasteiger partial charge in [0.05, 0.1) is 0 Å². The molecule has 1 rings (SSSR count). The molecule has 1 aliphatic heterocycles. The summed E-state index contributed by atoms with van der Waals surface area (Å²) in [7, 11) is 0. The zero-order valence-corrected chi connectivity index (χ0v) is 13.3. The maximum Gasteiger partial charge on any atom is 0.410 e. The second-order valence-electron chi connectivity index (χ2n) is 6.10. The fourth-order valence-electron chi connectivity index (χ4n) is 2.31. The van der Waals surface area contributed by atoms with Crippen LogP contribution in [-0.2, 0) is 9.53 Å². The van der Waals surface area contributed by atoms with E-state index in [4.69, 9.17) is 16.3 Å². The van der Waals surface area contributed by atoms with E-state index in [1.54, 1.807) is 0 Å². The van der Waals surface area contributed by atoms with Crippen molar-refractivity contribution in [2.24, 2.45) is 0 Å². The first-order valence-corrected chi connectivity index (χ1v) is 7.69. The first-order valence-electron chi connectivity index (χ1n) is 7.16. The molecule has 1 saturated heterocycles. The summed E-state index contributed by atoms with van der Waals surface area (Å²) < 4.78 is 5.41. The lowest BCUT2D eigenvalue weighted by molar-refractivity contribution is -0.118. The maximum atomic E-state index is 12.1. The summed E-state index contributed by atoms with van der Waals surface area (Å²) in [5, 5.41) is 2.73. The Balaban J connectivity index is 2.34. The minimum atomic E-state index is -0.460. The van der Waals surface area contributed by atoms with Gasteiger partial charge in [-0.1, -0.05) is 0 Å². The minimum absolute atomic E-state index is 0.00649. The lowest BCUT2D eigenvalue weighted by Crippen LogP contribution is -2.40. The Hall–Kier alpha value is -0.970. The predicted octanol–water partition coefficient (Wildman–Crippen LogP) is 2.52. The zero-order chi connectivity index (χ0) is 15.2. The summed E-state index contributed by atoms with van der Waals surface area (Å²) in [6.07, 6.45) is 3.50. The standard InChI is InChI=1S/C14H25ClN2O3/c1-14(2,3)20-13(19)17-9-5-7-11(17)6-4-8-16-12(18)10-15/h11H,4-10H2,1-3H3,(H,16,18). The highest BCUT2D eigenvalue weighted by molar-refractivity contribution is 6.27. The molecule has 20 heavy (non-hydrogen) atoms. The molecule has 0 radical (unpaired) electrons. The normalized spacial score (nSPS) is 19.0. The number of alkyl halides is 1. The van der Waals surface area contributed by atoms with Crippen LogP contribution in [-0.4, -0.2) is 47.5 Å². The van der Waals surface area contributed by atoms with Crippen LogP contribution in [0, 0.1) is 0 Å². The third-order valence-electron chi connectivity index (χ3n) is 3.16. The molecule has 0 aromatic rings. The van der Waals surface area contributed by atoms with Crippen LogP contribution in [0.1, 0.15) is 46.5 Å². The van der Waals surface area contributed by atoms with Crippen LogP contribution in [0.3, 0.4) is 0 Å². The Labute approximate surface area is 126 Å². The monoisotopic (exact) mass is 304 g/mol. The minimum Gasteiger partial charge on any atom is -0.444 e. The number of nitrogens with zero attached hydrogens (tertiary/aromatic N) is 1. The van der Waals surface area contributed by atoms with Crippen molar-refractivity contribution in [1.29, 1.82) is 0 Å². The molecule has 1 atom stereocenters. The smallest absolute Gasteiger partial charge is 0.410 e. The predicted molar refractivity (Wildman–Crippen MR) is 78.9 cm³/mol. The third kappa shape index (κ3) is 5.99. The Morgan fingerprint density at radius 1 is 1.40 bits per heavy atom. The van der Waals surface area contributed by atoms with Crippen molar-refractivity contribution in [2.45, 2.75) is 58.1 Å². The number of nitrogens with one attached hydrogen (secondary N) is 1. The number of ether oxygens (including phenoxy) is 1. The zero-order valence-electron chi connectivity index (χ0n) is 12.6. The molecule has 6 heteroatoms. The van der Waals surface area contributed by atoms with E-state index in [-0.39, 0.29) is 23.9 Å². The van der Waals surface area contributed by atoms with Gasteiger partial charge in [0.25, 0.3) is 0 Å². The molecular formula is C14H25ClN2O3. The number of halogens is 1. The van der Waals surface area contributed by atoms with Gasteiger partial charge in [-0.05, 0) is 46.5 Å². The molecule has 0 saturated carbocycles. The van der Waals surface area contributed by atoms with Crippen LogP contribution in [0.2, 0.25) is 0 Å². The third-order valence-corrected chi connectivity index (χ3v) is 3.41. The van der Waals surface area contributed by atoms with Crippen molar-refractivity contribution in [2.75, 3.05) is 19.0 Å². The molecule has 1 heterocycles. The van der Waals surface area contributed by atoms with Gasteiger partial charge in [0.1, 0.15) is 11.5 Å². The fourth-order valence-corrected chi connectivity index (χ4v) is 2.40. The first kappa shape index (κ1) is 17.1. The summed E-state index contributed by atoms with van der Waals surface area (Å²) in [4.78, 5) is 24.9. The summed E-state index contributed by atoms with van der Waals surface area (Å²) in [6.45, 7) is 6.98. The van der Waals surface area contributed by atoms with Gasteiger partial charge in [0.2, 0.25) is 5.91 Å². The lowest BCUT2D eigenvalue weighted by atomic mass is 10.1. The first-order chi connectivity index (χ1) is 9.33. The van der Waals surface area contributed by atoms with Crippen LogP contribution in [0.25, 0.3) is 0 Å². The molecule has 0 bridgehead atoms. The Kier molecular flexibility index (Phi) is 6.59. The van der Waals surface area contributed by atoms with Crippen molar-refractivity contribution >= 4 is 23.6 Å². The molecule has 1 N–H and O–H groups in total. The van der Waals surface area contributed by atoms with Gasteiger partial charge >= 0.3 is 6.09 Å². The van der Waals surface area contributed by atoms with Crippen molar-refractivity contribution in [3.63, 3.8) is 0 Å². The van der Waals surface area contributed by atoms with Gasteiger partial charge in [-0.15, -0.1) is 11.6 Å². The largest absolute Gasteiger partial charge is 0.444 e. The molecule has 1 aliphatic rings. The maximum absolute atomic E-state index is 12.1. The Morgan fingerprint density at radius 3 is 2.70 bits per heavy atom. The second-order valence-corrected chi connectivity index (χ2v) is 6.36. The van der Waals surface area contributed by atoms with E-state index in [0.717, 1.165) is 32.2 Å². The number of carbonyl (C=O) groups is 2. The number of likely N-dealkylation sites (tertiary alicyclic amines) is 1. The Morgan fingerprint density at radius 2 is 2.10 bits per heavy atom. The number of hydrogen-bond donors (Lipinski definition) is 1. The van der Waals surface area contributed by atoms with E-state index >= 15 is 0 Å².